The fourth-order valence-electron chi connectivity index (χ4n) is 1.75. The standard InChI is InChI=1S/C11H11F3N2O/c12-6-3-4-7(10(14)9(6)13)16-11(17)8-2-1-5-15-8/h3-4,8,15H,1-2,5H2,(H,16,17)/t8-/m0/s1. The SMILES string of the molecule is O=C(Nc1ccc(F)c(F)c1F)[C@@H]1CCCN1. The fourth-order valence-corrected chi connectivity index (χ4v) is 1.75. The largest absolute Gasteiger partial charge is 0.322 e. The molecule has 1 atom stereocenters. The van der Waals surface area contributed by atoms with Crippen LogP contribution in [0.25, 0.3) is 0 Å². The molecule has 1 fully saturated rings. The molecule has 1 amide bonds. The Balaban J connectivity index is 2.13. The number of carbonyl (C=O) groups excluding carboxylic acids is 1. The molecular weight excluding hydrogens is 233 g/mol. The summed E-state index contributed by atoms with van der Waals surface area (Å²) in [4.78, 5) is 11.6. The Morgan fingerprint density at radius 3 is 2.71 bits per heavy atom. The molecule has 0 spiro atoms. The number of amides is 1. The highest BCUT2D eigenvalue weighted by Gasteiger charge is 2.23. The molecule has 1 aliphatic heterocycles. The van der Waals surface area contributed by atoms with E-state index in [4.69, 9.17) is 0 Å². The second-order valence-electron chi connectivity index (χ2n) is 3.86. The van der Waals surface area contributed by atoms with Crippen LogP contribution in [0.2, 0.25) is 0 Å². The van der Waals surface area contributed by atoms with Crippen LogP contribution in [-0.4, -0.2) is 18.5 Å². The van der Waals surface area contributed by atoms with E-state index in [-0.39, 0.29) is 5.69 Å². The molecule has 6 heteroatoms. The lowest BCUT2D eigenvalue weighted by molar-refractivity contribution is -0.117. The average Bonchev–Trinajstić information content (AvgIpc) is 2.83. The predicted molar refractivity (Wildman–Crippen MR) is 56.0 cm³/mol. The summed E-state index contributed by atoms with van der Waals surface area (Å²) in [6, 6.07) is 1.37. The summed E-state index contributed by atoms with van der Waals surface area (Å²) in [5.74, 6) is -4.68. The van der Waals surface area contributed by atoms with Crippen LogP contribution in [0.15, 0.2) is 12.1 Å². The summed E-state index contributed by atoms with van der Waals surface area (Å²) in [7, 11) is 0. The van der Waals surface area contributed by atoms with Crippen LogP contribution in [0.5, 0.6) is 0 Å². The zero-order valence-electron chi connectivity index (χ0n) is 8.90. The minimum absolute atomic E-state index is 0.345. The first-order valence-electron chi connectivity index (χ1n) is 5.27. The van der Waals surface area contributed by atoms with Crippen molar-refractivity contribution in [1.29, 1.82) is 0 Å². The molecule has 1 aliphatic rings. The second kappa shape index (κ2) is 4.75. The number of carbonyl (C=O) groups is 1. The molecule has 0 radical (unpaired) electrons. The number of anilines is 1. The summed E-state index contributed by atoms with van der Waals surface area (Å²) in [6.45, 7) is 0.721. The number of halogens is 3. The highest BCUT2D eigenvalue weighted by molar-refractivity contribution is 5.95. The van der Waals surface area contributed by atoms with Gasteiger partial charge in [-0.3, -0.25) is 4.79 Å². The molecule has 0 aromatic heterocycles. The van der Waals surface area contributed by atoms with Gasteiger partial charge < -0.3 is 10.6 Å². The number of hydrogen-bond donors (Lipinski definition) is 2. The molecule has 2 rings (SSSR count). The Morgan fingerprint density at radius 2 is 2.06 bits per heavy atom. The molecule has 0 bridgehead atoms. The van der Waals surface area contributed by atoms with Crippen LogP contribution in [0, 0.1) is 17.5 Å². The van der Waals surface area contributed by atoms with E-state index in [1.54, 1.807) is 0 Å². The maximum absolute atomic E-state index is 13.3. The van der Waals surface area contributed by atoms with Gasteiger partial charge in [0.1, 0.15) is 0 Å². The second-order valence-corrected chi connectivity index (χ2v) is 3.86. The Bertz CT molecular complexity index is 445. The molecule has 1 heterocycles. The molecular formula is C11H11F3N2O. The first-order valence-corrected chi connectivity index (χ1v) is 5.27. The topological polar surface area (TPSA) is 41.1 Å². The first kappa shape index (κ1) is 11.9. The predicted octanol–water partition coefficient (Wildman–Crippen LogP) is 1.79. The van der Waals surface area contributed by atoms with Crippen LogP contribution in [0.3, 0.4) is 0 Å². The van der Waals surface area contributed by atoms with Crippen LogP contribution in [0.1, 0.15) is 12.8 Å². The number of benzene rings is 1. The van der Waals surface area contributed by atoms with Gasteiger partial charge in [-0.05, 0) is 31.5 Å². The molecule has 17 heavy (non-hydrogen) atoms. The van der Waals surface area contributed by atoms with Crippen molar-refractivity contribution >= 4 is 11.6 Å². The van der Waals surface area contributed by atoms with Gasteiger partial charge in [0.05, 0.1) is 11.7 Å². The summed E-state index contributed by atoms with van der Waals surface area (Å²) in [5.41, 5.74) is -0.345. The van der Waals surface area contributed by atoms with Crippen LogP contribution in [0.4, 0.5) is 18.9 Å². The number of nitrogens with one attached hydrogen (secondary N) is 2. The van der Waals surface area contributed by atoms with Crippen molar-refractivity contribution in [3.8, 4) is 0 Å². The minimum atomic E-state index is -1.58. The average molecular weight is 244 g/mol. The summed E-state index contributed by atoms with van der Waals surface area (Å²) < 4.78 is 38.8. The van der Waals surface area contributed by atoms with Gasteiger partial charge in [0.25, 0.3) is 0 Å². The normalized spacial score (nSPS) is 19.4. The zero-order valence-corrected chi connectivity index (χ0v) is 8.90. The van der Waals surface area contributed by atoms with Crippen LogP contribution >= 0.6 is 0 Å². The van der Waals surface area contributed by atoms with Gasteiger partial charge in [-0.25, -0.2) is 13.2 Å². The Hall–Kier alpha value is -1.56. The molecule has 1 aromatic rings. The number of hydrogen-bond acceptors (Lipinski definition) is 2. The van der Waals surface area contributed by atoms with Gasteiger partial charge in [0.15, 0.2) is 17.5 Å². The monoisotopic (exact) mass is 244 g/mol. The number of rotatable bonds is 2. The summed E-state index contributed by atoms with van der Waals surface area (Å²) >= 11 is 0. The van der Waals surface area contributed by atoms with E-state index in [1.807, 2.05) is 0 Å². The van der Waals surface area contributed by atoms with Crippen molar-refractivity contribution in [1.82, 2.24) is 5.32 Å². The maximum Gasteiger partial charge on any atom is 0.241 e. The summed E-state index contributed by atoms with van der Waals surface area (Å²) in [6.07, 6.45) is 1.51. The third-order valence-corrected chi connectivity index (χ3v) is 2.67. The Morgan fingerprint density at radius 1 is 1.29 bits per heavy atom. The Labute approximate surface area is 96.0 Å². The van der Waals surface area contributed by atoms with Gasteiger partial charge in [0.2, 0.25) is 5.91 Å². The smallest absolute Gasteiger partial charge is 0.241 e. The van der Waals surface area contributed by atoms with Gasteiger partial charge in [-0.2, -0.15) is 0 Å². The lowest BCUT2D eigenvalue weighted by Crippen LogP contribution is -2.35. The lowest BCUT2D eigenvalue weighted by Gasteiger charge is -2.11. The minimum Gasteiger partial charge on any atom is -0.322 e. The van der Waals surface area contributed by atoms with E-state index >= 15 is 0 Å². The first-order chi connectivity index (χ1) is 8.09. The van der Waals surface area contributed by atoms with Crippen molar-refractivity contribution in [2.45, 2.75) is 18.9 Å². The van der Waals surface area contributed by atoms with E-state index in [9.17, 15) is 18.0 Å². The van der Waals surface area contributed by atoms with Crippen LogP contribution < -0.4 is 10.6 Å². The molecule has 0 aliphatic carbocycles. The molecule has 92 valence electrons. The third kappa shape index (κ3) is 2.41. The van der Waals surface area contributed by atoms with Crippen molar-refractivity contribution in [3.05, 3.63) is 29.6 Å². The van der Waals surface area contributed by atoms with E-state index in [2.05, 4.69) is 10.6 Å². The molecule has 1 saturated heterocycles. The maximum atomic E-state index is 13.3. The fraction of sp³-hybridized carbons (Fsp3) is 0.364. The molecule has 0 saturated carbocycles. The van der Waals surface area contributed by atoms with E-state index < -0.39 is 29.4 Å². The third-order valence-electron chi connectivity index (χ3n) is 2.67. The lowest BCUT2D eigenvalue weighted by atomic mass is 10.2. The van der Waals surface area contributed by atoms with E-state index in [0.29, 0.717) is 6.42 Å². The van der Waals surface area contributed by atoms with Crippen molar-refractivity contribution < 1.29 is 18.0 Å². The molecule has 0 unspecified atom stereocenters. The van der Waals surface area contributed by atoms with Crippen molar-refractivity contribution in [2.75, 3.05) is 11.9 Å². The van der Waals surface area contributed by atoms with E-state index in [0.717, 1.165) is 25.1 Å². The highest BCUT2D eigenvalue weighted by atomic mass is 19.2. The molecule has 3 nitrogen and oxygen atoms in total. The van der Waals surface area contributed by atoms with Crippen molar-refractivity contribution in [2.24, 2.45) is 0 Å². The van der Waals surface area contributed by atoms with Crippen LogP contribution in [-0.2, 0) is 4.79 Å². The van der Waals surface area contributed by atoms with Gasteiger partial charge in [-0.1, -0.05) is 0 Å². The van der Waals surface area contributed by atoms with Gasteiger partial charge in [-0.15, -0.1) is 0 Å². The molecule has 1 aromatic carbocycles. The quantitative estimate of drug-likeness (QED) is 0.779. The summed E-state index contributed by atoms with van der Waals surface area (Å²) in [5, 5.41) is 5.16. The van der Waals surface area contributed by atoms with Gasteiger partial charge >= 0.3 is 0 Å². The van der Waals surface area contributed by atoms with Gasteiger partial charge in [0, 0.05) is 0 Å². The van der Waals surface area contributed by atoms with E-state index in [1.165, 1.54) is 0 Å². The zero-order chi connectivity index (χ0) is 12.4. The highest BCUT2D eigenvalue weighted by Crippen LogP contribution is 2.20. The molecule has 2 N–H and O–H groups in total. The Kier molecular flexibility index (Phi) is 3.33. The van der Waals surface area contributed by atoms with Crippen molar-refractivity contribution in [3.63, 3.8) is 0 Å².